The monoisotopic (exact) mass is 334 g/mol. The van der Waals surface area contributed by atoms with Crippen LogP contribution in [0.1, 0.15) is 55.5 Å². The molecule has 1 saturated heterocycles. The van der Waals surface area contributed by atoms with Crippen molar-refractivity contribution in [3.05, 3.63) is 28.3 Å². The lowest BCUT2D eigenvalue weighted by atomic mass is 9.94. The lowest BCUT2D eigenvalue weighted by Gasteiger charge is -2.35. The smallest absolute Gasteiger partial charge is 0.287 e. The van der Waals surface area contributed by atoms with E-state index in [-0.39, 0.29) is 22.8 Å². The topological polar surface area (TPSA) is 71.8 Å². The van der Waals surface area contributed by atoms with Crippen LogP contribution in [0, 0.1) is 0 Å². The summed E-state index contributed by atoms with van der Waals surface area (Å²) in [6, 6.07) is 2.24. The van der Waals surface area contributed by atoms with Crippen molar-refractivity contribution < 1.29 is 13.9 Å². The van der Waals surface area contributed by atoms with Crippen molar-refractivity contribution in [3.8, 4) is 5.75 Å². The molecule has 24 heavy (non-hydrogen) atoms. The van der Waals surface area contributed by atoms with Gasteiger partial charge in [-0.3, -0.25) is 14.5 Å². The van der Waals surface area contributed by atoms with E-state index in [0.29, 0.717) is 18.6 Å². The van der Waals surface area contributed by atoms with Crippen molar-refractivity contribution in [2.75, 3.05) is 20.2 Å². The summed E-state index contributed by atoms with van der Waals surface area (Å²) in [7, 11) is 1.39. The second-order valence-electron chi connectivity index (χ2n) is 6.71. The summed E-state index contributed by atoms with van der Waals surface area (Å²) in [6.07, 6.45) is 10.0. The van der Waals surface area contributed by atoms with Gasteiger partial charge in [0.25, 0.3) is 5.91 Å². The van der Waals surface area contributed by atoms with Crippen LogP contribution in [-0.2, 0) is 0 Å². The van der Waals surface area contributed by atoms with E-state index in [1.165, 1.54) is 58.0 Å². The van der Waals surface area contributed by atoms with E-state index in [0.717, 1.165) is 13.0 Å². The molecule has 0 spiro atoms. The third-order valence-corrected chi connectivity index (χ3v) is 5.21. The molecule has 2 fully saturated rings. The molecule has 1 aromatic heterocycles. The Morgan fingerprint density at radius 3 is 2.79 bits per heavy atom. The molecule has 1 N–H and O–H groups in total. The number of hydrogen-bond acceptors (Lipinski definition) is 5. The van der Waals surface area contributed by atoms with Crippen molar-refractivity contribution in [3.63, 3.8) is 0 Å². The Labute approximate surface area is 142 Å². The normalized spacial score (nSPS) is 22.5. The second kappa shape index (κ2) is 7.83. The molecular weight excluding hydrogens is 308 g/mol. The van der Waals surface area contributed by atoms with Gasteiger partial charge >= 0.3 is 0 Å². The number of ether oxygens (including phenoxy) is 1. The SMILES string of the molecule is COc1coc(C(=O)NCC2CCCN2C2CCCCC2)cc1=O. The van der Waals surface area contributed by atoms with Crippen molar-refractivity contribution in [1.29, 1.82) is 0 Å². The van der Waals surface area contributed by atoms with Gasteiger partial charge < -0.3 is 14.5 Å². The summed E-state index contributed by atoms with van der Waals surface area (Å²) in [5.41, 5.74) is -0.349. The van der Waals surface area contributed by atoms with Crippen LogP contribution >= 0.6 is 0 Å². The first-order valence-electron chi connectivity index (χ1n) is 8.90. The first-order chi connectivity index (χ1) is 11.7. The Kier molecular flexibility index (Phi) is 5.56. The number of hydrogen-bond donors (Lipinski definition) is 1. The summed E-state index contributed by atoms with van der Waals surface area (Å²) in [6.45, 7) is 1.73. The highest BCUT2D eigenvalue weighted by atomic mass is 16.5. The van der Waals surface area contributed by atoms with E-state index in [1.807, 2.05) is 0 Å². The molecule has 1 saturated carbocycles. The second-order valence-corrected chi connectivity index (χ2v) is 6.71. The van der Waals surface area contributed by atoms with Crippen LogP contribution in [-0.4, -0.2) is 43.1 Å². The van der Waals surface area contributed by atoms with Crippen LogP contribution in [0.3, 0.4) is 0 Å². The molecule has 0 bridgehead atoms. The third kappa shape index (κ3) is 3.80. The fraction of sp³-hybridized carbons (Fsp3) is 0.667. The number of amides is 1. The van der Waals surface area contributed by atoms with Crippen LogP contribution in [0.4, 0.5) is 0 Å². The summed E-state index contributed by atoms with van der Waals surface area (Å²) in [4.78, 5) is 26.5. The van der Waals surface area contributed by atoms with E-state index in [9.17, 15) is 9.59 Å². The first-order valence-corrected chi connectivity index (χ1v) is 8.90. The Morgan fingerprint density at radius 1 is 1.29 bits per heavy atom. The Morgan fingerprint density at radius 2 is 2.08 bits per heavy atom. The quantitative estimate of drug-likeness (QED) is 0.893. The number of carbonyl (C=O) groups excluding carboxylic acids is 1. The average Bonchev–Trinajstić information content (AvgIpc) is 3.09. The Hall–Kier alpha value is -1.82. The molecule has 6 heteroatoms. The van der Waals surface area contributed by atoms with Gasteiger partial charge in [-0.05, 0) is 32.2 Å². The van der Waals surface area contributed by atoms with Gasteiger partial charge in [-0.1, -0.05) is 19.3 Å². The Balaban J connectivity index is 1.57. The highest BCUT2D eigenvalue weighted by Gasteiger charge is 2.31. The van der Waals surface area contributed by atoms with Crippen LogP contribution in [0.5, 0.6) is 5.75 Å². The third-order valence-electron chi connectivity index (χ3n) is 5.21. The maximum Gasteiger partial charge on any atom is 0.287 e. The van der Waals surface area contributed by atoms with Gasteiger partial charge in [-0.15, -0.1) is 0 Å². The molecule has 6 nitrogen and oxygen atoms in total. The number of carbonyl (C=O) groups is 1. The van der Waals surface area contributed by atoms with E-state index in [4.69, 9.17) is 9.15 Å². The van der Waals surface area contributed by atoms with Crippen LogP contribution in [0.2, 0.25) is 0 Å². The highest BCUT2D eigenvalue weighted by Crippen LogP contribution is 2.28. The number of nitrogens with zero attached hydrogens (tertiary/aromatic N) is 1. The molecule has 1 unspecified atom stereocenters. The number of nitrogens with one attached hydrogen (secondary N) is 1. The molecule has 2 heterocycles. The van der Waals surface area contributed by atoms with Crippen molar-refractivity contribution in [2.45, 2.75) is 57.0 Å². The van der Waals surface area contributed by atoms with Gasteiger partial charge in [-0.25, -0.2) is 0 Å². The fourth-order valence-corrected chi connectivity index (χ4v) is 3.94. The van der Waals surface area contributed by atoms with E-state index in [2.05, 4.69) is 10.2 Å². The standard InChI is InChI=1S/C18H26N2O4/c1-23-17-12-24-16(10-15(17)21)18(22)19-11-14-8-5-9-20(14)13-6-3-2-4-7-13/h10,12-14H,2-9,11H2,1H3,(H,19,22). The van der Waals surface area contributed by atoms with E-state index >= 15 is 0 Å². The fourth-order valence-electron chi connectivity index (χ4n) is 3.94. The molecule has 1 atom stereocenters. The minimum atomic E-state index is -0.349. The van der Waals surface area contributed by atoms with Crippen LogP contribution in [0.15, 0.2) is 21.5 Å². The van der Waals surface area contributed by atoms with Crippen molar-refractivity contribution in [1.82, 2.24) is 10.2 Å². The minimum absolute atomic E-state index is 0.0306. The zero-order valence-corrected chi connectivity index (χ0v) is 14.3. The molecule has 0 aromatic carbocycles. The molecule has 1 amide bonds. The molecule has 0 radical (unpaired) electrons. The number of methoxy groups -OCH3 is 1. The highest BCUT2D eigenvalue weighted by molar-refractivity contribution is 5.91. The predicted molar refractivity (Wildman–Crippen MR) is 90.5 cm³/mol. The molecule has 1 aliphatic carbocycles. The number of rotatable bonds is 5. The molecular formula is C18H26N2O4. The molecule has 2 aliphatic rings. The number of likely N-dealkylation sites (tertiary alicyclic amines) is 1. The van der Waals surface area contributed by atoms with Crippen LogP contribution < -0.4 is 15.5 Å². The lowest BCUT2D eigenvalue weighted by Crippen LogP contribution is -2.45. The maximum atomic E-state index is 12.2. The van der Waals surface area contributed by atoms with Crippen molar-refractivity contribution in [2.24, 2.45) is 0 Å². The minimum Gasteiger partial charge on any atom is -0.490 e. The molecule has 1 aromatic rings. The largest absolute Gasteiger partial charge is 0.490 e. The van der Waals surface area contributed by atoms with Crippen molar-refractivity contribution >= 4 is 5.91 Å². The average molecular weight is 334 g/mol. The van der Waals surface area contributed by atoms with Gasteiger partial charge in [0, 0.05) is 24.7 Å². The first kappa shape index (κ1) is 17.0. The van der Waals surface area contributed by atoms with E-state index in [1.54, 1.807) is 0 Å². The van der Waals surface area contributed by atoms with Gasteiger partial charge in [0.2, 0.25) is 11.2 Å². The Bertz CT molecular complexity index is 622. The molecule has 1 aliphatic heterocycles. The summed E-state index contributed by atoms with van der Waals surface area (Å²) in [5, 5.41) is 2.92. The van der Waals surface area contributed by atoms with Gasteiger partial charge in [0.05, 0.1) is 7.11 Å². The van der Waals surface area contributed by atoms with Gasteiger partial charge in [-0.2, -0.15) is 0 Å². The predicted octanol–water partition coefficient (Wildman–Crippen LogP) is 2.18. The zero-order chi connectivity index (χ0) is 16.9. The molecule has 3 rings (SSSR count). The summed E-state index contributed by atoms with van der Waals surface area (Å²) in [5.74, 6) is -0.209. The molecule has 132 valence electrons. The maximum absolute atomic E-state index is 12.2. The zero-order valence-electron chi connectivity index (χ0n) is 14.3. The summed E-state index contributed by atoms with van der Waals surface area (Å²) < 4.78 is 10.1. The van der Waals surface area contributed by atoms with Gasteiger partial charge in [0.1, 0.15) is 6.26 Å². The summed E-state index contributed by atoms with van der Waals surface area (Å²) >= 11 is 0. The van der Waals surface area contributed by atoms with Crippen LogP contribution in [0.25, 0.3) is 0 Å². The van der Waals surface area contributed by atoms with E-state index < -0.39 is 0 Å². The lowest BCUT2D eigenvalue weighted by molar-refractivity contribution is 0.0891. The van der Waals surface area contributed by atoms with Gasteiger partial charge in [0.15, 0.2) is 5.76 Å².